The lowest BCUT2D eigenvalue weighted by Gasteiger charge is -2.22. The van der Waals surface area contributed by atoms with Crippen LogP contribution in [0.15, 0.2) is 28.7 Å². The van der Waals surface area contributed by atoms with Crippen molar-refractivity contribution < 1.29 is 9.00 Å². The first-order valence-corrected chi connectivity index (χ1v) is 8.55. The minimum atomic E-state index is -0.654. The van der Waals surface area contributed by atoms with E-state index in [9.17, 15) is 9.00 Å². The van der Waals surface area contributed by atoms with Gasteiger partial charge in [0.1, 0.15) is 0 Å². The number of benzene rings is 1. The first kappa shape index (κ1) is 14.7. The lowest BCUT2D eigenvalue weighted by Crippen LogP contribution is -2.40. The van der Waals surface area contributed by atoms with Gasteiger partial charge in [0.2, 0.25) is 5.91 Å². The topological polar surface area (TPSA) is 58.2 Å². The van der Waals surface area contributed by atoms with E-state index in [0.29, 0.717) is 12.6 Å². The molecule has 1 heterocycles. The summed E-state index contributed by atoms with van der Waals surface area (Å²) in [6.07, 6.45) is 1.77. The molecule has 0 bridgehead atoms. The number of halogens is 1. The fourth-order valence-corrected chi connectivity index (χ4v) is 3.54. The molecule has 4 nitrogen and oxygen atoms in total. The van der Waals surface area contributed by atoms with Crippen LogP contribution in [0.1, 0.15) is 12.8 Å². The van der Waals surface area contributed by atoms with Crippen molar-refractivity contribution in [3.05, 3.63) is 28.7 Å². The fraction of sp³-hybridized carbons (Fsp3) is 0.462. The Morgan fingerprint density at radius 3 is 2.53 bits per heavy atom. The third-order valence-corrected chi connectivity index (χ3v) is 4.98. The summed E-state index contributed by atoms with van der Waals surface area (Å²) >= 11 is 3.35. The Kier molecular flexibility index (Phi) is 5.54. The smallest absolute Gasteiger partial charge is 0.238 e. The fourth-order valence-electron chi connectivity index (χ4n) is 1.97. The van der Waals surface area contributed by atoms with Crippen LogP contribution >= 0.6 is 15.9 Å². The summed E-state index contributed by atoms with van der Waals surface area (Å²) in [4.78, 5) is 11.8. The van der Waals surface area contributed by atoms with Gasteiger partial charge in [-0.05, 0) is 37.1 Å². The van der Waals surface area contributed by atoms with E-state index >= 15 is 0 Å². The minimum absolute atomic E-state index is 0.0472. The van der Waals surface area contributed by atoms with E-state index in [4.69, 9.17) is 0 Å². The average molecular weight is 345 g/mol. The minimum Gasteiger partial charge on any atom is -0.325 e. The van der Waals surface area contributed by atoms with Crippen LogP contribution in [-0.4, -0.2) is 34.2 Å². The van der Waals surface area contributed by atoms with Crippen LogP contribution in [-0.2, 0) is 15.6 Å². The summed E-state index contributed by atoms with van der Waals surface area (Å²) in [6.45, 7) is 0.299. The molecule has 0 atom stereocenters. The summed E-state index contributed by atoms with van der Waals surface area (Å²) in [6, 6.07) is 7.80. The molecule has 1 saturated heterocycles. The zero-order valence-electron chi connectivity index (χ0n) is 10.5. The number of rotatable bonds is 4. The molecule has 0 unspecified atom stereocenters. The van der Waals surface area contributed by atoms with Crippen LogP contribution in [0.2, 0.25) is 0 Å². The molecule has 1 aliphatic heterocycles. The van der Waals surface area contributed by atoms with Gasteiger partial charge in [0, 0.05) is 38.5 Å². The highest BCUT2D eigenvalue weighted by Gasteiger charge is 2.17. The molecule has 1 amide bonds. The van der Waals surface area contributed by atoms with E-state index in [1.807, 2.05) is 24.3 Å². The van der Waals surface area contributed by atoms with Crippen LogP contribution in [0, 0.1) is 0 Å². The Bertz CT molecular complexity index is 454. The second-order valence-electron chi connectivity index (χ2n) is 4.56. The van der Waals surface area contributed by atoms with Gasteiger partial charge < -0.3 is 10.6 Å². The molecule has 1 aromatic rings. The first-order valence-electron chi connectivity index (χ1n) is 6.27. The lowest BCUT2D eigenvalue weighted by molar-refractivity contribution is -0.115. The first-order chi connectivity index (χ1) is 9.13. The highest BCUT2D eigenvalue weighted by Crippen LogP contribution is 2.14. The van der Waals surface area contributed by atoms with Gasteiger partial charge in [-0.1, -0.05) is 15.9 Å². The molecule has 1 aromatic carbocycles. The number of amides is 1. The number of carbonyl (C=O) groups excluding carboxylic acids is 1. The van der Waals surface area contributed by atoms with Gasteiger partial charge in [-0.2, -0.15) is 0 Å². The second-order valence-corrected chi connectivity index (χ2v) is 7.17. The van der Waals surface area contributed by atoms with Gasteiger partial charge in [-0.25, -0.2) is 0 Å². The Labute approximate surface area is 123 Å². The van der Waals surface area contributed by atoms with Crippen LogP contribution < -0.4 is 10.6 Å². The van der Waals surface area contributed by atoms with Crippen LogP contribution in [0.3, 0.4) is 0 Å². The van der Waals surface area contributed by atoms with E-state index in [1.165, 1.54) is 0 Å². The summed E-state index contributed by atoms with van der Waals surface area (Å²) in [5, 5.41) is 6.05. The predicted octanol–water partition coefficient (Wildman–Crippen LogP) is 1.89. The maximum absolute atomic E-state index is 11.8. The van der Waals surface area contributed by atoms with Gasteiger partial charge in [0.25, 0.3) is 0 Å². The van der Waals surface area contributed by atoms with Gasteiger partial charge in [0.05, 0.1) is 6.54 Å². The second kappa shape index (κ2) is 7.17. The SMILES string of the molecule is O=C(CNC1CCS(=O)CC1)Nc1ccc(Br)cc1. The van der Waals surface area contributed by atoms with Crippen LogP contribution in [0.5, 0.6) is 0 Å². The zero-order chi connectivity index (χ0) is 13.7. The highest BCUT2D eigenvalue weighted by atomic mass is 79.9. The Hall–Kier alpha value is -0.720. The number of anilines is 1. The largest absolute Gasteiger partial charge is 0.325 e. The monoisotopic (exact) mass is 344 g/mol. The molecule has 1 fully saturated rings. The predicted molar refractivity (Wildman–Crippen MR) is 81.7 cm³/mol. The molecular formula is C13H17BrN2O2S. The molecular weight excluding hydrogens is 328 g/mol. The Morgan fingerprint density at radius 2 is 1.89 bits per heavy atom. The Balaban J connectivity index is 1.72. The van der Waals surface area contributed by atoms with Crippen molar-refractivity contribution in [3.8, 4) is 0 Å². The summed E-state index contributed by atoms with van der Waals surface area (Å²) in [5.41, 5.74) is 0.791. The molecule has 0 radical (unpaired) electrons. The van der Waals surface area contributed by atoms with Crippen molar-refractivity contribution in [2.45, 2.75) is 18.9 Å². The van der Waals surface area contributed by atoms with Gasteiger partial charge in [-0.15, -0.1) is 0 Å². The number of hydrogen-bond donors (Lipinski definition) is 2. The normalized spacial score (nSPS) is 23.0. The van der Waals surface area contributed by atoms with E-state index in [2.05, 4.69) is 26.6 Å². The van der Waals surface area contributed by atoms with Crippen molar-refractivity contribution >= 4 is 38.3 Å². The lowest BCUT2D eigenvalue weighted by atomic mass is 10.1. The van der Waals surface area contributed by atoms with Crippen molar-refractivity contribution in [2.24, 2.45) is 0 Å². The van der Waals surface area contributed by atoms with Crippen molar-refractivity contribution in [1.82, 2.24) is 5.32 Å². The summed E-state index contributed by atoms with van der Waals surface area (Å²) in [7, 11) is -0.654. The molecule has 0 aromatic heterocycles. The maximum Gasteiger partial charge on any atom is 0.238 e. The quantitative estimate of drug-likeness (QED) is 0.876. The van der Waals surface area contributed by atoms with E-state index in [1.54, 1.807) is 0 Å². The van der Waals surface area contributed by atoms with Crippen molar-refractivity contribution in [3.63, 3.8) is 0 Å². The van der Waals surface area contributed by atoms with Crippen molar-refractivity contribution in [2.75, 3.05) is 23.4 Å². The average Bonchev–Trinajstić information content (AvgIpc) is 2.41. The summed E-state index contributed by atoms with van der Waals surface area (Å²) in [5.74, 6) is 1.44. The molecule has 0 saturated carbocycles. The van der Waals surface area contributed by atoms with E-state index < -0.39 is 10.8 Å². The third-order valence-electron chi connectivity index (χ3n) is 3.07. The molecule has 104 valence electrons. The highest BCUT2D eigenvalue weighted by molar-refractivity contribution is 9.10. The van der Waals surface area contributed by atoms with Crippen LogP contribution in [0.4, 0.5) is 5.69 Å². The molecule has 2 rings (SSSR count). The van der Waals surface area contributed by atoms with Gasteiger partial charge in [0.15, 0.2) is 0 Å². The number of carbonyl (C=O) groups is 1. The van der Waals surface area contributed by atoms with Gasteiger partial charge in [-0.3, -0.25) is 9.00 Å². The maximum atomic E-state index is 11.8. The molecule has 19 heavy (non-hydrogen) atoms. The molecule has 1 aliphatic rings. The molecule has 0 aliphatic carbocycles. The number of nitrogens with one attached hydrogen (secondary N) is 2. The molecule has 0 spiro atoms. The Morgan fingerprint density at radius 1 is 1.26 bits per heavy atom. The van der Waals surface area contributed by atoms with Crippen LogP contribution in [0.25, 0.3) is 0 Å². The summed E-state index contributed by atoms with van der Waals surface area (Å²) < 4.78 is 12.2. The van der Waals surface area contributed by atoms with E-state index in [-0.39, 0.29) is 5.91 Å². The van der Waals surface area contributed by atoms with Crippen molar-refractivity contribution in [1.29, 1.82) is 0 Å². The number of hydrogen-bond acceptors (Lipinski definition) is 3. The van der Waals surface area contributed by atoms with Gasteiger partial charge >= 0.3 is 0 Å². The van der Waals surface area contributed by atoms with E-state index in [0.717, 1.165) is 34.5 Å². The molecule has 6 heteroatoms. The molecule has 2 N–H and O–H groups in total. The zero-order valence-corrected chi connectivity index (χ0v) is 12.9. The third kappa shape index (κ3) is 5.04. The standard InChI is InChI=1S/C13H17BrN2O2S/c14-10-1-3-12(4-2-10)16-13(17)9-15-11-5-7-19(18)8-6-11/h1-4,11,15H,5-9H2,(H,16,17).